The average Bonchev–Trinajstić information content (AvgIpc) is 3.17. The molecule has 1 aliphatic carbocycles. The Kier molecular flexibility index (Phi) is 4.36. The minimum atomic E-state index is 0.191. The lowest BCUT2D eigenvalue weighted by atomic mass is 9.92. The summed E-state index contributed by atoms with van der Waals surface area (Å²) >= 11 is 1.74. The Morgan fingerprint density at radius 1 is 1.35 bits per heavy atom. The van der Waals surface area contributed by atoms with Crippen molar-refractivity contribution in [3.8, 4) is 0 Å². The van der Waals surface area contributed by atoms with Crippen LogP contribution < -0.4 is 5.73 Å². The van der Waals surface area contributed by atoms with Gasteiger partial charge in [-0.25, -0.2) is 4.98 Å². The number of thiazole rings is 1. The molecule has 4 nitrogen and oxygen atoms in total. The van der Waals surface area contributed by atoms with E-state index in [0.717, 1.165) is 45.2 Å². The maximum Gasteiger partial charge on any atom is 0.226 e. The van der Waals surface area contributed by atoms with E-state index in [2.05, 4.69) is 9.88 Å². The van der Waals surface area contributed by atoms with Crippen molar-refractivity contribution in [2.75, 3.05) is 19.6 Å². The van der Waals surface area contributed by atoms with Crippen LogP contribution in [0.4, 0.5) is 0 Å². The lowest BCUT2D eigenvalue weighted by Gasteiger charge is -2.34. The van der Waals surface area contributed by atoms with Gasteiger partial charge in [-0.1, -0.05) is 6.42 Å². The summed E-state index contributed by atoms with van der Waals surface area (Å²) in [4.78, 5) is 19.1. The fourth-order valence-electron chi connectivity index (χ4n) is 3.66. The smallest absolute Gasteiger partial charge is 0.226 e. The molecular formula is C15H23N3OS. The predicted octanol–water partition coefficient (Wildman–Crippen LogP) is 2.22. The van der Waals surface area contributed by atoms with E-state index in [-0.39, 0.29) is 5.92 Å². The predicted molar refractivity (Wildman–Crippen MR) is 80.6 cm³/mol. The van der Waals surface area contributed by atoms with Crippen LogP contribution in [0.1, 0.15) is 43.0 Å². The van der Waals surface area contributed by atoms with Gasteiger partial charge in [-0.3, -0.25) is 4.79 Å². The first kappa shape index (κ1) is 14.0. The second-order valence-electron chi connectivity index (χ2n) is 6.00. The first-order valence-electron chi connectivity index (χ1n) is 7.68. The van der Waals surface area contributed by atoms with Gasteiger partial charge < -0.3 is 10.6 Å². The highest BCUT2D eigenvalue weighted by molar-refractivity contribution is 7.09. The molecule has 2 aliphatic rings. The summed E-state index contributed by atoms with van der Waals surface area (Å²) < 4.78 is 0. The van der Waals surface area contributed by atoms with E-state index in [9.17, 15) is 4.79 Å². The summed E-state index contributed by atoms with van der Waals surface area (Å²) in [5.74, 6) is 1.51. The molecule has 0 unspecified atom stereocenters. The standard InChI is InChI=1S/C15H23N3OS/c16-10-12-2-1-3-13(12)15(19)18-7-4-11(5-8-18)14-17-6-9-20-14/h6,9,11-13H,1-5,7-8,10,16H2/t12-,13-/m1/s1. The van der Waals surface area contributed by atoms with E-state index in [0.29, 0.717) is 24.3 Å². The summed E-state index contributed by atoms with van der Waals surface area (Å²) in [6.07, 6.45) is 7.31. The Bertz CT molecular complexity index is 440. The Morgan fingerprint density at radius 3 is 2.80 bits per heavy atom. The number of carbonyl (C=O) groups excluding carboxylic acids is 1. The van der Waals surface area contributed by atoms with Crippen molar-refractivity contribution in [3.63, 3.8) is 0 Å². The number of nitrogens with two attached hydrogens (primary N) is 1. The topological polar surface area (TPSA) is 59.2 Å². The molecule has 0 bridgehead atoms. The van der Waals surface area contributed by atoms with E-state index in [1.54, 1.807) is 11.3 Å². The molecule has 1 saturated heterocycles. The number of aromatic nitrogens is 1. The molecule has 1 aromatic heterocycles. The average molecular weight is 293 g/mol. The van der Waals surface area contributed by atoms with E-state index < -0.39 is 0 Å². The number of piperidine rings is 1. The molecule has 0 spiro atoms. The largest absolute Gasteiger partial charge is 0.342 e. The highest BCUT2D eigenvalue weighted by Gasteiger charge is 2.36. The molecule has 2 atom stereocenters. The van der Waals surface area contributed by atoms with Gasteiger partial charge >= 0.3 is 0 Å². The third-order valence-corrected chi connectivity index (χ3v) is 5.82. The summed E-state index contributed by atoms with van der Waals surface area (Å²) in [6.45, 7) is 2.43. The van der Waals surface area contributed by atoms with Crippen molar-refractivity contribution >= 4 is 17.2 Å². The quantitative estimate of drug-likeness (QED) is 0.929. The number of likely N-dealkylation sites (tertiary alicyclic amines) is 1. The number of amides is 1. The van der Waals surface area contributed by atoms with E-state index in [4.69, 9.17) is 5.73 Å². The fraction of sp³-hybridized carbons (Fsp3) is 0.733. The minimum absolute atomic E-state index is 0.191. The van der Waals surface area contributed by atoms with Gasteiger partial charge in [-0.05, 0) is 38.1 Å². The first-order valence-corrected chi connectivity index (χ1v) is 8.55. The lowest BCUT2D eigenvalue weighted by Crippen LogP contribution is -2.43. The van der Waals surface area contributed by atoms with Crippen LogP contribution in [0, 0.1) is 11.8 Å². The zero-order valence-corrected chi connectivity index (χ0v) is 12.6. The van der Waals surface area contributed by atoms with Crippen molar-refractivity contribution in [1.82, 2.24) is 9.88 Å². The van der Waals surface area contributed by atoms with Crippen molar-refractivity contribution < 1.29 is 4.79 Å². The molecule has 20 heavy (non-hydrogen) atoms. The van der Waals surface area contributed by atoms with E-state index in [1.807, 2.05) is 11.6 Å². The fourth-order valence-corrected chi connectivity index (χ4v) is 4.47. The Labute approximate surface area is 124 Å². The number of hydrogen-bond donors (Lipinski definition) is 1. The molecule has 1 aromatic rings. The van der Waals surface area contributed by atoms with Crippen LogP contribution in [0.25, 0.3) is 0 Å². The number of rotatable bonds is 3. The SMILES string of the molecule is NC[C@H]1CCC[C@H]1C(=O)N1CCC(c2nccs2)CC1. The molecule has 1 amide bonds. The molecule has 1 aliphatic heterocycles. The lowest BCUT2D eigenvalue weighted by molar-refractivity contribution is -0.137. The highest BCUT2D eigenvalue weighted by Crippen LogP contribution is 2.35. The summed E-state index contributed by atoms with van der Waals surface area (Å²) in [5, 5.41) is 3.27. The van der Waals surface area contributed by atoms with Gasteiger partial charge in [0.25, 0.3) is 0 Å². The van der Waals surface area contributed by atoms with Crippen LogP contribution in [0.5, 0.6) is 0 Å². The third kappa shape index (κ3) is 2.74. The number of nitrogens with zero attached hydrogens (tertiary/aromatic N) is 2. The van der Waals surface area contributed by atoms with Crippen molar-refractivity contribution in [3.05, 3.63) is 16.6 Å². The minimum Gasteiger partial charge on any atom is -0.342 e. The second kappa shape index (κ2) is 6.22. The van der Waals surface area contributed by atoms with Gasteiger partial charge in [0.2, 0.25) is 5.91 Å². The molecular weight excluding hydrogens is 270 g/mol. The molecule has 2 fully saturated rings. The second-order valence-corrected chi connectivity index (χ2v) is 6.93. The van der Waals surface area contributed by atoms with Gasteiger partial charge in [0.05, 0.1) is 5.01 Å². The number of carbonyl (C=O) groups is 1. The first-order chi connectivity index (χ1) is 9.79. The Balaban J connectivity index is 1.56. The molecule has 0 radical (unpaired) electrons. The van der Waals surface area contributed by atoms with E-state index >= 15 is 0 Å². The molecule has 2 heterocycles. The normalized spacial score (nSPS) is 27.9. The van der Waals surface area contributed by atoms with Crippen LogP contribution in [-0.2, 0) is 4.79 Å². The molecule has 2 N–H and O–H groups in total. The van der Waals surface area contributed by atoms with Crippen molar-refractivity contribution in [1.29, 1.82) is 0 Å². The van der Waals surface area contributed by atoms with Gasteiger partial charge in [0.15, 0.2) is 0 Å². The molecule has 0 aromatic carbocycles. The molecule has 3 rings (SSSR count). The maximum atomic E-state index is 12.6. The van der Waals surface area contributed by atoms with Gasteiger partial charge in [-0.2, -0.15) is 0 Å². The Hall–Kier alpha value is -0.940. The van der Waals surface area contributed by atoms with Crippen molar-refractivity contribution in [2.24, 2.45) is 17.6 Å². The van der Waals surface area contributed by atoms with Crippen LogP contribution >= 0.6 is 11.3 Å². The Morgan fingerprint density at radius 2 is 2.15 bits per heavy atom. The molecule has 110 valence electrons. The van der Waals surface area contributed by atoms with Crippen LogP contribution in [0.15, 0.2) is 11.6 Å². The highest BCUT2D eigenvalue weighted by atomic mass is 32.1. The van der Waals surface area contributed by atoms with Crippen molar-refractivity contribution in [2.45, 2.75) is 38.0 Å². The third-order valence-electron chi connectivity index (χ3n) is 4.89. The summed E-state index contributed by atoms with van der Waals surface area (Å²) in [7, 11) is 0. The maximum absolute atomic E-state index is 12.6. The van der Waals surface area contributed by atoms with Gasteiger partial charge in [0, 0.05) is 36.5 Å². The zero-order valence-electron chi connectivity index (χ0n) is 11.8. The zero-order chi connectivity index (χ0) is 13.9. The van der Waals surface area contributed by atoms with Crippen LogP contribution in [-0.4, -0.2) is 35.4 Å². The molecule has 1 saturated carbocycles. The molecule has 5 heteroatoms. The monoisotopic (exact) mass is 293 g/mol. The van der Waals surface area contributed by atoms with Crippen LogP contribution in [0.3, 0.4) is 0 Å². The van der Waals surface area contributed by atoms with E-state index in [1.165, 1.54) is 5.01 Å². The van der Waals surface area contributed by atoms with Gasteiger partial charge in [0.1, 0.15) is 0 Å². The van der Waals surface area contributed by atoms with Crippen LogP contribution in [0.2, 0.25) is 0 Å². The summed E-state index contributed by atoms with van der Waals surface area (Å²) in [5.41, 5.74) is 5.80. The summed E-state index contributed by atoms with van der Waals surface area (Å²) in [6, 6.07) is 0. The number of hydrogen-bond acceptors (Lipinski definition) is 4. The van der Waals surface area contributed by atoms with Gasteiger partial charge in [-0.15, -0.1) is 11.3 Å².